The van der Waals surface area contributed by atoms with Crippen LogP contribution in [0, 0.1) is 0 Å². The van der Waals surface area contributed by atoms with Crippen LogP contribution in [-0.2, 0) is 4.79 Å². The van der Waals surface area contributed by atoms with Crippen molar-refractivity contribution in [2.75, 3.05) is 11.5 Å². The highest BCUT2D eigenvalue weighted by Gasteiger charge is 2.32. The van der Waals surface area contributed by atoms with Crippen molar-refractivity contribution in [2.24, 2.45) is 4.99 Å². The molecule has 29 heavy (non-hydrogen) atoms. The number of hydrogen-bond donors (Lipinski definition) is 0. The summed E-state index contributed by atoms with van der Waals surface area (Å²) in [6.45, 7) is 2.56. The third-order valence-electron chi connectivity index (χ3n) is 4.47. The number of benzene rings is 3. The number of rotatable bonds is 5. The molecule has 0 fully saturated rings. The molecular weight excluding hydrogens is 428 g/mol. The number of nitrogens with zero attached hydrogens (tertiary/aromatic N) is 2. The highest BCUT2D eigenvalue weighted by atomic mass is 79.9. The molecule has 0 aliphatic carbocycles. The van der Waals surface area contributed by atoms with E-state index < -0.39 is 0 Å². The molecule has 0 saturated carbocycles. The van der Waals surface area contributed by atoms with Gasteiger partial charge in [0.05, 0.1) is 12.3 Å². The first kappa shape index (κ1) is 19.2. The maximum absolute atomic E-state index is 13.2. The molecule has 144 valence electrons. The maximum atomic E-state index is 13.2. The Bertz CT molecular complexity index is 1070. The van der Waals surface area contributed by atoms with E-state index in [0.29, 0.717) is 18.1 Å². The highest BCUT2D eigenvalue weighted by molar-refractivity contribution is 9.10. The Morgan fingerprint density at radius 1 is 0.966 bits per heavy atom. The fourth-order valence-corrected chi connectivity index (χ4v) is 3.38. The molecule has 0 saturated heterocycles. The summed E-state index contributed by atoms with van der Waals surface area (Å²) >= 11 is 3.46. The van der Waals surface area contributed by atoms with Crippen LogP contribution in [0.2, 0.25) is 0 Å². The molecule has 0 radical (unpaired) electrons. The molecule has 3 aromatic carbocycles. The number of hydrogen-bond acceptors (Lipinski definition) is 3. The number of carbonyl (C=O) groups is 1. The molecule has 1 aliphatic heterocycles. The lowest BCUT2D eigenvalue weighted by Crippen LogP contribution is -2.32. The number of amides is 1. The van der Waals surface area contributed by atoms with E-state index in [-0.39, 0.29) is 5.91 Å². The van der Waals surface area contributed by atoms with Gasteiger partial charge in [0, 0.05) is 10.0 Å². The third kappa shape index (κ3) is 4.15. The lowest BCUT2D eigenvalue weighted by atomic mass is 10.1. The summed E-state index contributed by atoms with van der Waals surface area (Å²) in [5.74, 6) is 1.27. The van der Waals surface area contributed by atoms with E-state index in [1.807, 2.05) is 85.8 Å². The summed E-state index contributed by atoms with van der Waals surface area (Å²) in [6.07, 6.45) is 1.81. The Balaban J connectivity index is 1.75. The number of para-hydroxylation sites is 1. The molecule has 0 spiro atoms. The first-order valence-corrected chi connectivity index (χ1v) is 10.1. The smallest absolute Gasteiger partial charge is 0.282 e. The summed E-state index contributed by atoms with van der Waals surface area (Å²) in [7, 11) is 0. The maximum Gasteiger partial charge on any atom is 0.282 e. The lowest BCUT2D eigenvalue weighted by Gasteiger charge is -2.18. The van der Waals surface area contributed by atoms with Crippen LogP contribution in [-0.4, -0.2) is 18.3 Å². The molecule has 0 atom stereocenters. The molecular formula is C24H19BrN2O2. The van der Waals surface area contributed by atoms with Crippen LogP contribution in [0.5, 0.6) is 5.75 Å². The van der Waals surface area contributed by atoms with Gasteiger partial charge in [-0.2, -0.15) is 0 Å². The van der Waals surface area contributed by atoms with Crippen LogP contribution < -0.4 is 9.64 Å². The van der Waals surface area contributed by atoms with Crippen LogP contribution >= 0.6 is 15.9 Å². The lowest BCUT2D eigenvalue weighted by molar-refractivity contribution is -0.113. The van der Waals surface area contributed by atoms with Gasteiger partial charge in [0.1, 0.15) is 17.3 Å². The standard InChI is InChI=1S/C24H19BrN2O2/c1-2-29-21-14-8-17(9-15-21)16-22-24(28)27(20-6-4-3-5-7-20)23(26-22)18-10-12-19(25)13-11-18/h3-16H,2H2,1H3/b22-16+. The second-order valence-electron chi connectivity index (χ2n) is 6.45. The number of carbonyl (C=O) groups excluding carboxylic acids is 1. The molecule has 4 rings (SSSR count). The Hall–Kier alpha value is -3.18. The Labute approximate surface area is 178 Å². The Kier molecular flexibility index (Phi) is 5.58. The SMILES string of the molecule is CCOc1ccc(/C=C2/N=C(c3ccc(Br)cc3)N(c3ccccc3)C2=O)cc1. The zero-order valence-electron chi connectivity index (χ0n) is 15.9. The topological polar surface area (TPSA) is 41.9 Å². The van der Waals surface area contributed by atoms with Gasteiger partial charge in [-0.15, -0.1) is 0 Å². The molecule has 0 unspecified atom stereocenters. The van der Waals surface area contributed by atoms with Crippen LogP contribution in [0.3, 0.4) is 0 Å². The fourth-order valence-electron chi connectivity index (χ4n) is 3.11. The minimum atomic E-state index is -0.150. The summed E-state index contributed by atoms with van der Waals surface area (Å²) < 4.78 is 6.46. The normalized spacial score (nSPS) is 15.0. The average Bonchev–Trinajstić information content (AvgIpc) is 3.07. The molecule has 0 N–H and O–H groups in total. The third-order valence-corrected chi connectivity index (χ3v) is 5.00. The van der Waals surface area contributed by atoms with Crippen molar-refractivity contribution >= 4 is 39.4 Å². The van der Waals surface area contributed by atoms with E-state index in [9.17, 15) is 4.79 Å². The number of halogens is 1. The second kappa shape index (κ2) is 8.45. The van der Waals surface area contributed by atoms with Crippen molar-refractivity contribution in [1.82, 2.24) is 0 Å². The van der Waals surface area contributed by atoms with Crippen molar-refractivity contribution in [3.05, 3.63) is 100 Å². The first-order chi connectivity index (χ1) is 14.2. The number of anilines is 1. The van der Waals surface area contributed by atoms with Gasteiger partial charge in [0.25, 0.3) is 5.91 Å². The molecule has 5 heteroatoms. The van der Waals surface area contributed by atoms with E-state index in [1.165, 1.54) is 0 Å². The molecule has 3 aromatic rings. The largest absolute Gasteiger partial charge is 0.494 e. The van der Waals surface area contributed by atoms with Gasteiger partial charge in [0.2, 0.25) is 0 Å². The average molecular weight is 447 g/mol. The zero-order valence-corrected chi connectivity index (χ0v) is 17.5. The fraction of sp³-hybridized carbons (Fsp3) is 0.0833. The van der Waals surface area contributed by atoms with E-state index in [2.05, 4.69) is 20.9 Å². The Morgan fingerprint density at radius 2 is 1.66 bits per heavy atom. The van der Waals surface area contributed by atoms with Gasteiger partial charge in [-0.05, 0) is 55.0 Å². The Morgan fingerprint density at radius 3 is 2.31 bits per heavy atom. The summed E-state index contributed by atoms with van der Waals surface area (Å²) in [5, 5.41) is 0. The predicted octanol–water partition coefficient (Wildman–Crippen LogP) is 5.68. The van der Waals surface area contributed by atoms with E-state index in [1.54, 1.807) is 11.0 Å². The van der Waals surface area contributed by atoms with Crippen molar-refractivity contribution < 1.29 is 9.53 Å². The van der Waals surface area contributed by atoms with E-state index >= 15 is 0 Å². The van der Waals surface area contributed by atoms with Crippen LogP contribution in [0.15, 0.2) is 94.0 Å². The van der Waals surface area contributed by atoms with Crippen molar-refractivity contribution in [1.29, 1.82) is 0 Å². The van der Waals surface area contributed by atoms with Gasteiger partial charge < -0.3 is 4.74 Å². The van der Waals surface area contributed by atoms with E-state index in [0.717, 1.165) is 27.0 Å². The summed E-state index contributed by atoms with van der Waals surface area (Å²) in [6, 6.07) is 25.0. The van der Waals surface area contributed by atoms with Gasteiger partial charge >= 0.3 is 0 Å². The minimum absolute atomic E-state index is 0.150. The second-order valence-corrected chi connectivity index (χ2v) is 7.37. The monoisotopic (exact) mass is 446 g/mol. The van der Waals surface area contributed by atoms with Crippen LogP contribution in [0.1, 0.15) is 18.1 Å². The van der Waals surface area contributed by atoms with Gasteiger partial charge in [-0.3, -0.25) is 9.69 Å². The minimum Gasteiger partial charge on any atom is -0.494 e. The molecule has 1 amide bonds. The molecule has 4 nitrogen and oxygen atoms in total. The van der Waals surface area contributed by atoms with Crippen molar-refractivity contribution in [2.45, 2.75) is 6.92 Å². The summed E-state index contributed by atoms with van der Waals surface area (Å²) in [5.41, 5.74) is 2.95. The van der Waals surface area contributed by atoms with Crippen LogP contribution in [0.4, 0.5) is 5.69 Å². The van der Waals surface area contributed by atoms with E-state index in [4.69, 9.17) is 4.74 Å². The number of ether oxygens (including phenoxy) is 1. The number of aliphatic imine (C=N–C) groups is 1. The molecule has 0 aromatic heterocycles. The van der Waals surface area contributed by atoms with Gasteiger partial charge in [0.15, 0.2) is 0 Å². The van der Waals surface area contributed by atoms with Crippen molar-refractivity contribution in [3.8, 4) is 5.75 Å². The van der Waals surface area contributed by atoms with Gasteiger partial charge in [-0.1, -0.05) is 58.4 Å². The first-order valence-electron chi connectivity index (χ1n) is 9.34. The van der Waals surface area contributed by atoms with Gasteiger partial charge in [-0.25, -0.2) is 4.99 Å². The predicted molar refractivity (Wildman–Crippen MR) is 120 cm³/mol. The van der Waals surface area contributed by atoms with Crippen molar-refractivity contribution in [3.63, 3.8) is 0 Å². The zero-order chi connectivity index (χ0) is 20.2. The number of amidine groups is 1. The summed E-state index contributed by atoms with van der Waals surface area (Å²) in [4.78, 5) is 19.6. The quantitative estimate of drug-likeness (QED) is 0.472. The molecule has 1 aliphatic rings. The highest BCUT2D eigenvalue weighted by Crippen LogP contribution is 2.28. The molecule has 0 bridgehead atoms. The molecule has 1 heterocycles. The van der Waals surface area contributed by atoms with Crippen LogP contribution in [0.25, 0.3) is 6.08 Å².